The van der Waals surface area contributed by atoms with Crippen LogP contribution in [0.25, 0.3) is 0 Å². The molecule has 1 aromatic carbocycles. The summed E-state index contributed by atoms with van der Waals surface area (Å²) in [6.07, 6.45) is 0.925. The van der Waals surface area contributed by atoms with E-state index < -0.39 is 0 Å². The lowest BCUT2D eigenvalue weighted by molar-refractivity contribution is -0.00683. The van der Waals surface area contributed by atoms with E-state index in [2.05, 4.69) is 48.4 Å². The smallest absolute Gasteiger partial charge is 0.191 e. The molecule has 0 spiro atoms. The Hall–Kier alpha value is -1.06. The molecule has 1 aromatic rings. The third kappa shape index (κ3) is 8.23. The number of aliphatic imine (C=N–C) groups is 1. The monoisotopic (exact) mass is 490 g/mol. The quantitative estimate of drug-likeness (QED) is 0.333. The zero-order chi connectivity index (χ0) is 18.8. The molecule has 2 N–H and O–H groups in total. The van der Waals surface area contributed by atoms with E-state index in [1.807, 2.05) is 12.1 Å². The first-order valence-electron chi connectivity index (χ1n) is 9.53. The standard InChI is InChI=1S/C20H34N4O2.HI/c1-5-21-19(22-10-9-17-7-6-8-18(15-17)25-4)23-16-20(2,3)24-11-13-26-14-12-24;/h6-8,15H,5,9-14,16H2,1-4H3,(H2,21,22,23);1H. The first-order valence-corrected chi connectivity index (χ1v) is 9.53. The second kappa shape index (κ2) is 12.4. The van der Waals surface area contributed by atoms with E-state index in [0.717, 1.165) is 64.1 Å². The van der Waals surface area contributed by atoms with Gasteiger partial charge in [0, 0.05) is 31.7 Å². The second-order valence-corrected chi connectivity index (χ2v) is 7.14. The molecule has 0 saturated carbocycles. The minimum Gasteiger partial charge on any atom is -0.497 e. The SMILES string of the molecule is CCNC(=NCC(C)(C)N1CCOCC1)NCCc1cccc(OC)c1.I. The van der Waals surface area contributed by atoms with Gasteiger partial charge in [-0.25, -0.2) is 0 Å². The summed E-state index contributed by atoms with van der Waals surface area (Å²) in [5.41, 5.74) is 1.28. The van der Waals surface area contributed by atoms with Gasteiger partial charge in [0.05, 0.1) is 26.9 Å². The molecule has 7 heteroatoms. The number of rotatable bonds is 8. The highest BCUT2D eigenvalue weighted by atomic mass is 127. The minimum absolute atomic E-state index is 0. The lowest BCUT2D eigenvalue weighted by Crippen LogP contribution is -2.52. The summed E-state index contributed by atoms with van der Waals surface area (Å²) in [7, 11) is 1.70. The number of benzene rings is 1. The number of halogens is 1. The second-order valence-electron chi connectivity index (χ2n) is 7.14. The van der Waals surface area contributed by atoms with Crippen molar-refractivity contribution < 1.29 is 9.47 Å². The maximum absolute atomic E-state index is 5.46. The normalized spacial score (nSPS) is 15.8. The van der Waals surface area contributed by atoms with Crippen LogP contribution in [-0.4, -0.2) is 69.4 Å². The summed E-state index contributed by atoms with van der Waals surface area (Å²) in [5.74, 6) is 1.77. The van der Waals surface area contributed by atoms with Crippen molar-refractivity contribution in [2.45, 2.75) is 32.7 Å². The van der Waals surface area contributed by atoms with Crippen LogP contribution < -0.4 is 15.4 Å². The van der Waals surface area contributed by atoms with E-state index in [1.165, 1.54) is 5.56 Å². The van der Waals surface area contributed by atoms with Gasteiger partial charge in [-0.1, -0.05) is 12.1 Å². The Morgan fingerprint density at radius 2 is 2.00 bits per heavy atom. The number of hydrogen-bond acceptors (Lipinski definition) is 4. The average molecular weight is 490 g/mol. The molecule has 1 heterocycles. The third-order valence-electron chi connectivity index (χ3n) is 4.68. The van der Waals surface area contributed by atoms with Crippen molar-refractivity contribution >= 4 is 29.9 Å². The summed E-state index contributed by atoms with van der Waals surface area (Å²) in [6, 6.07) is 8.19. The van der Waals surface area contributed by atoms with Crippen LogP contribution in [0.3, 0.4) is 0 Å². The summed E-state index contributed by atoms with van der Waals surface area (Å²) < 4.78 is 10.7. The van der Waals surface area contributed by atoms with Crippen LogP contribution in [0.1, 0.15) is 26.3 Å². The molecule has 1 aliphatic rings. The molecule has 0 bridgehead atoms. The Kier molecular flexibility index (Phi) is 11.0. The highest BCUT2D eigenvalue weighted by Crippen LogP contribution is 2.16. The number of nitrogens with one attached hydrogen (secondary N) is 2. The van der Waals surface area contributed by atoms with Gasteiger partial charge >= 0.3 is 0 Å². The molecule has 0 aliphatic carbocycles. The van der Waals surface area contributed by atoms with E-state index >= 15 is 0 Å². The van der Waals surface area contributed by atoms with Crippen LogP contribution in [0, 0.1) is 0 Å². The summed E-state index contributed by atoms with van der Waals surface area (Å²) >= 11 is 0. The van der Waals surface area contributed by atoms with E-state index in [4.69, 9.17) is 14.5 Å². The molecule has 1 fully saturated rings. The Labute approximate surface area is 181 Å². The summed E-state index contributed by atoms with van der Waals surface area (Å²) in [5, 5.41) is 6.77. The molecule has 1 saturated heterocycles. The summed E-state index contributed by atoms with van der Waals surface area (Å²) in [6.45, 7) is 12.6. The maximum atomic E-state index is 5.46. The molecular formula is C20H35IN4O2. The molecular weight excluding hydrogens is 455 g/mol. The van der Waals surface area contributed by atoms with Crippen LogP contribution in [0.15, 0.2) is 29.3 Å². The van der Waals surface area contributed by atoms with Crippen molar-refractivity contribution in [3.63, 3.8) is 0 Å². The maximum Gasteiger partial charge on any atom is 0.191 e. The fraction of sp³-hybridized carbons (Fsp3) is 0.650. The van der Waals surface area contributed by atoms with E-state index in [0.29, 0.717) is 0 Å². The molecule has 0 amide bonds. The van der Waals surface area contributed by atoms with Crippen molar-refractivity contribution in [3.05, 3.63) is 29.8 Å². The fourth-order valence-corrected chi connectivity index (χ4v) is 3.04. The number of morpholine rings is 1. The van der Waals surface area contributed by atoms with Gasteiger partial charge in [-0.05, 0) is 44.9 Å². The van der Waals surface area contributed by atoms with Gasteiger partial charge in [-0.15, -0.1) is 24.0 Å². The van der Waals surface area contributed by atoms with Crippen LogP contribution >= 0.6 is 24.0 Å². The molecule has 6 nitrogen and oxygen atoms in total. The largest absolute Gasteiger partial charge is 0.497 e. The van der Waals surface area contributed by atoms with Gasteiger partial charge in [-0.2, -0.15) is 0 Å². The number of ether oxygens (including phenoxy) is 2. The van der Waals surface area contributed by atoms with Crippen molar-refractivity contribution in [1.82, 2.24) is 15.5 Å². The van der Waals surface area contributed by atoms with E-state index in [9.17, 15) is 0 Å². The molecule has 27 heavy (non-hydrogen) atoms. The number of guanidine groups is 1. The van der Waals surface area contributed by atoms with E-state index in [1.54, 1.807) is 7.11 Å². The van der Waals surface area contributed by atoms with Gasteiger partial charge in [0.1, 0.15) is 5.75 Å². The number of methoxy groups -OCH3 is 1. The van der Waals surface area contributed by atoms with Crippen molar-refractivity contribution in [1.29, 1.82) is 0 Å². The van der Waals surface area contributed by atoms with E-state index in [-0.39, 0.29) is 29.5 Å². The lowest BCUT2D eigenvalue weighted by atomic mass is 10.0. The first-order chi connectivity index (χ1) is 12.5. The lowest BCUT2D eigenvalue weighted by Gasteiger charge is -2.39. The highest BCUT2D eigenvalue weighted by Gasteiger charge is 2.28. The third-order valence-corrected chi connectivity index (χ3v) is 4.68. The minimum atomic E-state index is 0. The van der Waals surface area contributed by atoms with Crippen LogP contribution in [0.2, 0.25) is 0 Å². The van der Waals surface area contributed by atoms with Crippen molar-refractivity contribution in [3.8, 4) is 5.75 Å². The summed E-state index contributed by atoms with van der Waals surface area (Å²) in [4.78, 5) is 7.27. The van der Waals surface area contributed by atoms with Gasteiger partial charge in [-0.3, -0.25) is 9.89 Å². The molecule has 1 aliphatic heterocycles. The van der Waals surface area contributed by atoms with Crippen LogP contribution in [0.5, 0.6) is 5.75 Å². The predicted octanol–water partition coefficient (Wildman–Crippen LogP) is 2.52. The predicted molar refractivity (Wildman–Crippen MR) is 123 cm³/mol. The molecule has 0 radical (unpaired) electrons. The molecule has 0 atom stereocenters. The first kappa shape index (κ1) is 24.0. The Balaban J connectivity index is 0.00000364. The fourth-order valence-electron chi connectivity index (χ4n) is 3.04. The number of nitrogens with zero attached hydrogens (tertiary/aromatic N) is 2. The Bertz CT molecular complexity index is 575. The van der Waals surface area contributed by atoms with Gasteiger partial charge < -0.3 is 20.1 Å². The molecule has 0 unspecified atom stereocenters. The Morgan fingerprint density at radius 1 is 1.26 bits per heavy atom. The number of hydrogen-bond donors (Lipinski definition) is 2. The van der Waals surface area contributed by atoms with Gasteiger partial charge in [0.15, 0.2) is 5.96 Å². The van der Waals surface area contributed by atoms with Crippen LogP contribution in [0.4, 0.5) is 0 Å². The van der Waals surface area contributed by atoms with Gasteiger partial charge in [0.25, 0.3) is 0 Å². The molecule has 154 valence electrons. The Morgan fingerprint density at radius 3 is 2.67 bits per heavy atom. The average Bonchev–Trinajstić information content (AvgIpc) is 2.67. The molecule has 0 aromatic heterocycles. The topological polar surface area (TPSA) is 58.1 Å². The zero-order valence-electron chi connectivity index (χ0n) is 17.1. The van der Waals surface area contributed by atoms with Crippen molar-refractivity contribution in [2.75, 3.05) is 53.0 Å². The zero-order valence-corrected chi connectivity index (χ0v) is 19.4. The van der Waals surface area contributed by atoms with Crippen molar-refractivity contribution in [2.24, 2.45) is 4.99 Å². The highest BCUT2D eigenvalue weighted by molar-refractivity contribution is 14.0. The van der Waals surface area contributed by atoms with Gasteiger partial charge in [0.2, 0.25) is 0 Å². The van der Waals surface area contributed by atoms with Crippen LogP contribution in [-0.2, 0) is 11.2 Å². The molecule has 2 rings (SSSR count).